The highest BCUT2D eigenvalue weighted by molar-refractivity contribution is 5.32. The van der Waals surface area contributed by atoms with E-state index in [1.807, 2.05) is 0 Å². The van der Waals surface area contributed by atoms with E-state index >= 15 is 0 Å². The van der Waals surface area contributed by atoms with Crippen LogP contribution in [0.2, 0.25) is 0 Å². The van der Waals surface area contributed by atoms with Crippen LogP contribution in [0.25, 0.3) is 0 Å². The average Bonchev–Trinajstić information content (AvgIpc) is 2.13. The smallest absolute Gasteiger partial charge is 0.228 e. The molecule has 1 aliphatic heterocycles. The number of aliphatic hydroxyl groups is 1. The lowest BCUT2D eigenvalue weighted by Gasteiger charge is -2.35. The van der Waals surface area contributed by atoms with E-state index < -0.39 is 37.6 Å². The Bertz CT molecular complexity index is 468. The van der Waals surface area contributed by atoms with Crippen molar-refractivity contribution in [3.8, 4) is 0 Å². The summed E-state index contributed by atoms with van der Waals surface area (Å²) < 4.78 is 51.4. The van der Waals surface area contributed by atoms with E-state index in [2.05, 4.69) is 15.0 Å². The third kappa shape index (κ3) is 1.14. The molecule has 5 nitrogen and oxygen atoms in total. The lowest BCUT2D eigenvalue weighted by atomic mass is 10.2. The van der Waals surface area contributed by atoms with Crippen molar-refractivity contribution in [3.63, 3.8) is 0 Å². The molecule has 0 radical (unpaired) electrons. The van der Waals surface area contributed by atoms with Crippen LogP contribution in [0.15, 0.2) is 12.6 Å². The van der Waals surface area contributed by atoms with Gasteiger partial charge in [-0.3, -0.25) is 0 Å². The molecule has 11 heavy (non-hydrogen) atoms. The van der Waals surface area contributed by atoms with E-state index in [1.165, 1.54) is 0 Å². The molecule has 1 aromatic rings. The van der Waals surface area contributed by atoms with E-state index in [-0.39, 0.29) is 0 Å². The summed E-state index contributed by atoms with van der Waals surface area (Å²) in [6.07, 6.45) is -4.26. The minimum atomic E-state index is -3.00. The highest BCUT2D eigenvalue weighted by Gasteiger charge is 2.25. The van der Waals surface area contributed by atoms with Gasteiger partial charge in [0.2, 0.25) is 5.95 Å². The van der Waals surface area contributed by atoms with Crippen molar-refractivity contribution in [1.29, 1.82) is 0 Å². The number of nitrogens with zero attached hydrogens (tertiary/aromatic N) is 4. The zero-order valence-electron chi connectivity index (χ0n) is 12.2. The fraction of sp³-hybridized carbons (Fsp3) is 0.500. The first-order valence-corrected chi connectivity index (χ1v) is 2.74. The van der Waals surface area contributed by atoms with Crippen LogP contribution in [0.4, 0.5) is 5.95 Å². The first-order valence-electron chi connectivity index (χ1n) is 6.24. The number of β-amino-alcohol motifs (C(OH)–C–C–N with tert-alkyl or cyclic N) is 1. The monoisotopic (exact) mass is 159 g/mol. The second-order valence-electron chi connectivity index (χ2n) is 1.74. The van der Waals surface area contributed by atoms with Crippen LogP contribution >= 0.6 is 0 Å². The molecule has 0 aliphatic carbocycles. The van der Waals surface area contributed by atoms with E-state index in [0.717, 1.165) is 0 Å². The summed E-state index contributed by atoms with van der Waals surface area (Å²) in [5, 5.41) is 9.45. The number of hydrogen-bond donors (Lipinski definition) is 1. The van der Waals surface area contributed by atoms with Crippen molar-refractivity contribution < 1.29 is 14.7 Å². The summed E-state index contributed by atoms with van der Waals surface area (Å²) in [6, 6.07) is 0. The van der Waals surface area contributed by atoms with Crippen LogP contribution < -0.4 is 4.90 Å². The molecule has 0 bridgehead atoms. The second kappa shape index (κ2) is 2.43. The van der Waals surface area contributed by atoms with E-state index in [4.69, 9.17) is 9.60 Å². The van der Waals surface area contributed by atoms with Crippen molar-refractivity contribution in [2.45, 2.75) is 6.08 Å². The normalized spacial score (nSPS) is 39.4. The van der Waals surface area contributed by atoms with Gasteiger partial charge in [-0.1, -0.05) is 0 Å². The molecule has 1 saturated heterocycles. The van der Waals surface area contributed by atoms with Crippen molar-refractivity contribution >= 4 is 5.95 Å². The van der Waals surface area contributed by atoms with Crippen molar-refractivity contribution in [3.05, 3.63) is 12.6 Å². The molecule has 5 heteroatoms. The molecule has 0 unspecified atom stereocenters. The molecule has 0 aromatic carbocycles. The lowest BCUT2D eigenvalue weighted by molar-refractivity contribution is 0.140. The Balaban J connectivity index is 2.52. The summed E-state index contributed by atoms with van der Waals surface area (Å²) in [4.78, 5) is 10.3. The van der Waals surface area contributed by atoms with Gasteiger partial charge in [0.25, 0.3) is 0 Å². The van der Waals surface area contributed by atoms with Gasteiger partial charge in [-0.2, -0.15) is 0 Å². The Kier molecular flexibility index (Phi) is 0.525. The molecule has 58 valence electrons. The van der Waals surface area contributed by atoms with Gasteiger partial charge in [-0.15, -0.1) is 0 Å². The Morgan fingerprint density at radius 2 is 2.36 bits per heavy atom. The standard InChI is InChI=1S/C6H8N4O/c11-5-1-10(2-5)6-8-3-7-4-9-6/h3-5,11H,1-2H2/i1D2,2D2,3D,4D,5D. The minimum absolute atomic E-state index is 0.310. The van der Waals surface area contributed by atoms with Gasteiger partial charge in [0.05, 0.1) is 12.9 Å². The predicted molar refractivity (Wildman–Crippen MR) is 38.0 cm³/mol. The molecule has 0 spiro atoms. The highest BCUT2D eigenvalue weighted by Crippen LogP contribution is 2.13. The maximum atomic E-state index is 9.45. The fourth-order valence-electron chi connectivity index (χ4n) is 0.599. The van der Waals surface area contributed by atoms with Crippen LogP contribution in [0.3, 0.4) is 0 Å². The van der Waals surface area contributed by atoms with Crippen LogP contribution in [-0.4, -0.2) is 39.1 Å². The van der Waals surface area contributed by atoms with Gasteiger partial charge in [0.15, 0.2) is 0 Å². The molecular weight excluding hydrogens is 144 g/mol. The molecule has 1 N–H and O–H groups in total. The SMILES string of the molecule is [2H]c1nc([2H])nc(N2C([2H])([2H])C([2H])(O)C2([2H])[2H])n1. The fourth-order valence-corrected chi connectivity index (χ4v) is 0.599. The zero-order chi connectivity index (χ0) is 13.9. The van der Waals surface area contributed by atoms with Crippen LogP contribution in [-0.2, 0) is 0 Å². The van der Waals surface area contributed by atoms with Gasteiger partial charge in [0.1, 0.15) is 15.3 Å². The summed E-state index contributed by atoms with van der Waals surface area (Å²) >= 11 is 0. The number of rotatable bonds is 1. The molecule has 1 aliphatic rings. The molecule has 1 aromatic heterocycles. The average molecular weight is 159 g/mol. The topological polar surface area (TPSA) is 62.1 Å². The van der Waals surface area contributed by atoms with Crippen LogP contribution in [0, 0.1) is 0 Å². The van der Waals surface area contributed by atoms with Crippen molar-refractivity contribution in [2.75, 3.05) is 17.9 Å². The number of anilines is 1. The molecule has 0 amide bonds. The molecular formula is C6H8N4O. The summed E-state index contributed by atoms with van der Waals surface area (Å²) in [6.45, 7) is -5.56. The van der Waals surface area contributed by atoms with Gasteiger partial charge >= 0.3 is 0 Å². The summed E-state index contributed by atoms with van der Waals surface area (Å²) in [7, 11) is 0. The van der Waals surface area contributed by atoms with E-state index in [9.17, 15) is 5.11 Å². The third-order valence-corrected chi connectivity index (χ3v) is 1.04. The summed E-state index contributed by atoms with van der Waals surface area (Å²) in [5.41, 5.74) is 0. The lowest BCUT2D eigenvalue weighted by Crippen LogP contribution is -2.51. The third-order valence-electron chi connectivity index (χ3n) is 1.04. The molecule has 1 fully saturated rings. The van der Waals surface area contributed by atoms with Gasteiger partial charge in [0, 0.05) is 13.0 Å². The second-order valence-corrected chi connectivity index (χ2v) is 1.74. The first kappa shape index (κ1) is 2.38. The molecule has 2 rings (SSSR count). The largest absolute Gasteiger partial charge is 0.389 e. The number of hydrogen-bond acceptors (Lipinski definition) is 5. The maximum Gasteiger partial charge on any atom is 0.228 e. The van der Waals surface area contributed by atoms with Crippen LogP contribution in [0.1, 0.15) is 9.60 Å². The molecule has 0 atom stereocenters. The number of aromatic nitrogens is 3. The maximum absolute atomic E-state index is 9.45. The van der Waals surface area contributed by atoms with Crippen molar-refractivity contribution in [1.82, 2.24) is 15.0 Å². The first-order chi connectivity index (χ1) is 8.01. The Hall–Kier alpha value is -1.23. The van der Waals surface area contributed by atoms with E-state index in [1.54, 1.807) is 0 Å². The predicted octanol–water partition coefficient (Wildman–Crippen LogP) is -0.948. The Morgan fingerprint density at radius 1 is 1.73 bits per heavy atom. The highest BCUT2D eigenvalue weighted by atomic mass is 16.3. The van der Waals surface area contributed by atoms with Crippen LogP contribution in [0.5, 0.6) is 0 Å². The Labute approximate surface area is 73.6 Å². The molecule has 2 heterocycles. The van der Waals surface area contributed by atoms with Gasteiger partial charge in [-0.05, 0) is 0 Å². The summed E-state index contributed by atoms with van der Waals surface area (Å²) in [5.74, 6) is -0.605. The minimum Gasteiger partial charge on any atom is -0.389 e. The van der Waals surface area contributed by atoms with Gasteiger partial charge < -0.3 is 10.0 Å². The van der Waals surface area contributed by atoms with E-state index in [0.29, 0.717) is 4.90 Å². The van der Waals surface area contributed by atoms with Gasteiger partial charge in [-0.25, -0.2) is 15.0 Å². The quantitative estimate of drug-likeness (QED) is 0.572. The zero-order valence-corrected chi connectivity index (χ0v) is 5.24. The van der Waals surface area contributed by atoms with Crippen molar-refractivity contribution in [2.24, 2.45) is 0 Å². The Morgan fingerprint density at radius 3 is 3.00 bits per heavy atom. The molecule has 0 saturated carbocycles.